The van der Waals surface area contributed by atoms with Gasteiger partial charge in [-0.1, -0.05) is 36.4 Å². The SMILES string of the molecule is CN(C)c1ccc(NC(=O)c2ccc3c(c2)N=C(c2cccc(Oc4ccccc4)c2)CC3[C@@H](CCCN=C(N)N)C(N)=O)cc1. The minimum Gasteiger partial charge on any atom is -0.457 e. The Kier molecular flexibility index (Phi) is 9.97. The van der Waals surface area contributed by atoms with Gasteiger partial charge in [0, 0.05) is 55.1 Å². The minimum atomic E-state index is -0.503. The summed E-state index contributed by atoms with van der Waals surface area (Å²) in [4.78, 5) is 37.3. The lowest BCUT2D eigenvalue weighted by molar-refractivity contribution is -0.122. The standard InChI is InChI=1S/C36H39N7O3/c1-43(2)26-16-14-25(15-17-26)41-35(45)24-13-18-29-31(30(34(37)44)12-7-19-40-36(38)39)22-32(42-33(29)21-24)23-8-6-11-28(20-23)46-27-9-4-3-5-10-27/h3-6,8-11,13-18,20-21,30-31H,7,12,19,22H2,1-2H3,(H2,37,44)(H,41,45)(H4,38,39,40)/t30-,31?/m1/s1. The molecule has 10 heteroatoms. The number of carbonyl (C=O) groups excluding carboxylic acids is 2. The quantitative estimate of drug-likeness (QED) is 0.0924. The summed E-state index contributed by atoms with van der Waals surface area (Å²) in [6.45, 7) is 0.389. The normalized spacial score (nSPS) is 14.3. The Morgan fingerprint density at radius 2 is 1.67 bits per heavy atom. The topological polar surface area (TPSA) is 161 Å². The third-order valence-corrected chi connectivity index (χ3v) is 7.97. The number of nitrogens with two attached hydrogens (primary N) is 3. The Morgan fingerprint density at radius 1 is 0.935 bits per heavy atom. The number of fused-ring (bicyclic) bond motifs is 1. The third-order valence-electron chi connectivity index (χ3n) is 7.97. The van der Waals surface area contributed by atoms with Gasteiger partial charge in [-0.3, -0.25) is 19.6 Å². The largest absolute Gasteiger partial charge is 0.457 e. The predicted molar refractivity (Wildman–Crippen MR) is 184 cm³/mol. The molecule has 0 bridgehead atoms. The summed E-state index contributed by atoms with van der Waals surface area (Å²) in [6, 6.07) is 30.2. The molecule has 1 aliphatic heterocycles. The fourth-order valence-corrected chi connectivity index (χ4v) is 5.62. The van der Waals surface area contributed by atoms with E-state index in [4.69, 9.17) is 26.9 Å². The van der Waals surface area contributed by atoms with Crippen LogP contribution in [-0.2, 0) is 4.79 Å². The molecule has 0 spiro atoms. The van der Waals surface area contributed by atoms with Gasteiger partial charge < -0.3 is 32.2 Å². The van der Waals surface area contributed by atoms with Gasteiger partial charge in [0.05, 0.1) is 5.69 Å². The van der Waals surface area contributed by atoms with Gasteiger partial charge in [0.25, 0.3) is 5.91 Å². The smallest absolute Gasteiger partial charge is 0.255 e. The van der Waals surface area contributed by atoms with E-state index in [0.29, 0.717) is 48.5 Å². The number of aliphatic imine (C=N–C) groups is 2. The fourth-order valence-electron chi connectivity index (χ4n) is 5.62. The number of carbonyl (C=O) groups is 2. The number of primary amides is 1. The van der Waals surface area contributed by atoms with Crippen LogP contribution in [0.1, 0.15) is 46.7 Å². The van der Waals surface area contributed by atoms with E-state index in [2.05, 4.69) is 10.3 Å². The molecule has 46 heavy (non-hydrogen) atoms. The average molecular weight is 618 g/mol. The number of hydrogen-bond acceptors (Lipinski definition) is 6. The van der Waals surface area contributed by atoms with Crippen LogP contribution in [0.3, 0.4) is 0 Å². The highest BCUT2D eigenvalue weighted by Gasteiger charge is 2.34. The van der Waals surface area contributed by atoms with Crippen LogP contribution < -0.4 is 32.2 Å². The Hall–Kier alpha value is -5.64. The number of guanidine groups is 1. The zero-order chi connectivity index (χ0) is 32.6. The zero-order valence-electron chi connectivity index (χ0n) is 26.0. The molecule has 1 aliphatic rings. The highest BCUT2D eigenvalue weighted by molar-refractivity contribution is 6.07. The maximum atomic E-state index is 13.3. The van der Waals surface area contributed by atoms with Crippen LogP contribution in [0.15, 0.2) is 107 Å². The van der Waals surface area contributed by atoms with E-state index in [-0.39, 0.29) is 17.8 Å². The average Bonchev–Trinajstić information content (AvgIpc) is 3.04. The van der Waals surface area contributed by atoms with Crippen LogP contribution in [0, 0.1) is 5.92 Å². The second kappa shape index (κ2) is 14.4. The molecule has 5 rings (SSSR count). The first-order valence-electron chi connectivity index (χ1n) is 15.2. The highest BCUT2D eigenvalue weighted by Crippen LogP contribution is 2.42. The van der Waals surface area contributed by atoms with Gasteiger partial charge in [-0.05, 0) is 91.1 Å². The summed E-state index contributed by atoms with van der Waals surface area (Å²) in [5.74, 6) is -0.0658. The molecule has 0 fully saturated rings. The molecule has 2 amide bonds. The van der Waals surface area contributed by atoms with Crippen molar-refractivity contribution in [3.05, 3.63) is 114 Å². The molecule has 0 saturated heterocycles. The summed E-state index contributed by atoms with van der Waals surface area (Å²) in [6.07, 6.45) is 1.55. The molecule has 2 atom stereocenters. The number of hydrogen-bond donors (Lipinski definition) is 4. The summed E-state index contributed by atoms with van der Waals surface area (Å²) < 4.78 is 6.09. The van der Waals surface area contributed by atoms with E-state index >= 15 is 0 Å². The van der Waals surface area contributed by atoms with Crippen molar-refractivity contribution in [2.45, 2.75) is 25.2 Å². The molecule has 7 N–H and O–H groups in total. The predicted octanol–water partition coefficient (Wildman–Crippen LogP) is 5.56. The zero-order valence-corrected chi connectivity index (χ0v) is 26.0. The second-order valence-electron chi connectivity index (χ2n) is 11.4. The van der Waals surface area contributed by atoms with E-state index in [1.54, 1.807) is 12.1 Å². The Balaban J connectivity index is 1.48. The molecular weight excluding hydrogens is 578 g/mol. The van der Waals surface area contributed by atoms with Crippen molar-refractivity contribution in [1.29, 1.82) is 0 Å². The maximum Gasteiger partial charge on any atom is 0.255 e. The molecule has 0 aliphatic carbocycles. The number of nitrogens with zero attached hydrogens (tertiary/aromatic N) is 3. The lowest BCUT2D eigenvalue weighted by atomic mass is 9.76. The van der Waals surface area contributed by atoms with Gasteiger partial charge in [0.15, 0.2) is 5.96 Å². The van der Waals surface area contributed by atoms with Gasteiger partial charge >= 0.3 is 0 Å². The third kappa shape index (κ3) is 7.89. The number of amides is 2. The number of rotatable bonds is 12. The van der Waals surface area contributed by atoms with Gasteiger partial charge in [-0.15, -0.1) is 0 Å². The van der Waals surface area contributed by atoms with Crippen molar-refractivity contribution in [3.63, 3.8) is 0 Å². The molecule has 236 valence electrons. The summed E-state index contributed by atoms with van der Waals surface area (Å²) in [7, 11) is 3.92. The maximum absolute atomic E-state index is 13.3. The first-order valence-corrected chi connectivity index (χ1v) is 15.2. The van der Waals surface area contributed by atoms with Crippen molar-refractivity contribution < 1.29 is 14.3 Å². The number of ether oxygens (including phenoxy) is 1. The number of nitrogens with one attached hydrogen (secondary N) is 1. The Labute approximate surface area is 269 Å². The Bertz CT molecular complexity index is 1750. The van der Waals surface area contributed by atoms with E-state index in [0.717, 1.165) is 28.3 Å². The summed E-state index contributed by atoms with van der Waals surface area (Å²) >= 11 is 0. The van der Waals surface area contributed by atoms with Gasteiger partial charge in [-0.2, -0.15) is 0 Å². The van der Waals surface area contributed by atoms with E-state index in [1.165, 1.54) is 0 Å². The molecule has 0 aromatic heterocycles. The molecule has 4 aromatic rings. The summed E-state index contributed by atoms with van der Waals surface area (Å²) in [5.41, 5.74) is 22.3. The molecule has 0 radical (unpaired) electrons. The van der Waals surface area contributed by atoms with Gasteiger partial charge in [0.1, 0.15) is 11.5 Å². The lowest BCUT2D eigenvalue weighted by Crippen LogP contribution is -2.32. The fraction of sp³-hybridized carbons (Fsp3) is 0.222. The van der Waals surface area contributed by atoms with Crippen molar-refractivity contribution in [1.82, 2.24) is 0 Å². The van der Waals surface area contributed by atoms with Gasteiger partial charge in [0.2, 0.25) is 5.91 Å². The number of anilines is 2. The minimum absolute atomic E-state index is 0.00473. The van der Waals surface area contributed by atoms with Crippen LogP contribution in [-0.4, -0.2) is 44.1 Å². The highest BCUT2D eigenvalue weighted by atomic mass is 16.5. The van der Waals surface area contributed by atoms with Crippen LogP contribution in [0.25, 0.3) is 0 Å². The van der Waals surface area contributed by atoms with Crippen molar-refractivity contribution in [2.24, 2.45) is 33.1 Å². The number of benzene rings is 4. The molecule has 1 unspecified atom stereocenters. The molecule has 0 saturated carbocycles. The van der Waals surface area contributed by atoms with Gasteiger partial charge in [-0.25, -0.2) is 0 Å². The van der Waals surface area contributed by atoms with Crippen molar-refractivity contribution in [2.75, 3.05) is 30.9 Å². The molecule has 4 aromatic carbocycles. The van der Waals surface area contributed by atoms with Crippen molar-refractivity contribution in [3.8, 4) is 11.5 Å². The first-order chi connectivity index (χ1) is 22.2. The second-order valence-corrected chi connectivity index (χ2v) is 11.4. The van der Waals surface area contributed by atoms with E-state index < -0.39 is 11.8 Å². The molecule has 1 heterocycles. The van der Waals surface area contributed by atoms with Crippen LogP contribution in [0.2, 0.25) is 0 Å². The Morgan fingerprint density at radius 3 is 2.37 bits per heavy atom. The van der Waals surface area contributed by atoms with Crippen LogP contribution >= 0.6 is 0 Å². The van der Waals surface area contributed by atoms with Crippen LogP contribution in [0.4, 0.5) is 17.1 Å². The first kappa shape index (κ1) is 31.8. The van der Waals surface area contributed by atoms with E-state index in [9.17, 15) is 9.59 Å². The lowest BCUT2D eigenvalue weighted by Gasteiger charge is -2.30. The monoisotopic (exact) mass is 617 g/mol. The van der Waals surface area contributed by atoms with Crippen LogP contribution in [0.5, 0.6) is 11.5 Å². The van der Waals surface area contributed by atoms with E-state index in [1.807, 2.05) is 104 Å². The van der Waals surface area contributed by atoms with Crippen molar-refractivity contribution >= 4 is 40.5 Å². The molecule has 10 nitrogen and oxygen atoms in total. The number of para-hydroxylation sites is 1. The molecular formula is C36H39N7O3. The summed E-state index contributed by atoms with van der Waals surface area (Å²) in [5, 5.41) is 2.97.